The van der Waals surface area contributed by atoms with Gasteiger partial charge in [0.2, 0.25) is 5.89 Å². The molecular formula is C18H17N3O4S. The van der Waals surface area contributed by atoms with Crippen LogP contribution in [0.2, 0.25) is 0 Å². The summed E-state index contributed by atoms with van der Waals surface area (Å²) < 4.78 is 15.9. The summed E-state index contributed by atoms with van der Waals surface area (Å²) in [6, 6.07) is 12.6. The molecule has 1 N–H and O–H groups in total. The Bertz CT molecular complexity index is 909. The van der Waals surface area contributed by atoms with Crippen LogP contribution in [0.4, 0.5) is 6.01 Å². The number of hydrogen-bond donors (Lipinski definition) is 1. The number of aromatic nitrogens is 2. The molecule has 0 saturated heterocycles. The van der Waals surface area contributed by atoms with Crippen LogP contribution >= 0.6 is 11.8 Å². The maximum Gasteiger partial charge on any atom is 0.322 e. The number of nitrogens with zero attached hydrogens (tertiary/aromatic N) is 2. The van der Waals surface area contributed by atoms with E-state index in [9.17, 15) is 4.79 Å². The van der Waals surface area contributed by atoms with Gasteiger partial charge in [0.1, 0.15) is 11.5 Å². The molecular weight excluding hydrogens is 354 g/mol. The highest BCUT2D eigenvalue weighted by Crippen LogP contribution is 2.26. The van der Waals surface area contributed by atoms with E-state index in [0.717, 1.165) is 10.5 Å². The van der Waals surface area contributed by atoms with Crippen molar-refractivity contribution in [2.24, 2.45) is 0 Å². The molecule has 0 unspecified atom stereocenters. The van der Waals surface area contributed by atoms with Crippen LogP contribution in [0, 0.1) is 0 Å². The standard InChI is InChI=1S/C18H17N3O4S/c1-23-12-6-9-14(15(10-12)24-2)16(22)19-18-21-20-17(25-18)11-4-7-13(26-3)8-5-11/h4-10H,1-3H3,(H,19,21,22). The Morgan fingerprint density at radius 2 is 1.85 bits per heavy atom. The lowest BCUT2D eigenvalue weighted by Gasteiger charge is -2.09. The highest BCUT2D eigenvalue weighted by Gasteiger charge is 2.17. The average molecular weight is 371 g/mol. The minimum absolute atomic E-state index is 0.0109. The predicted octanol–water partition coefficient (Wildman–Crippen LogP) is 3.73. The molecule has 0 bridgehead atoms. The second kappa shape index (κ2) is 7.92. The second-order valence-electron chi connectivity index (χ2n) is 5.16. The number of carbonyl (C=O) groups is 1. The Morgan fingerprint density at radius 3 is 2.50 bits per heavy atom. The number of nitrogens with one attached hydrogen (secondary N) is 1. The number of thioether (sulfide) groups is 1. The molecule has 2 aromatic carbocycles. The van der Waals surface area contributed by atoms with E-state index in [1.807, 2.05) is 30.5 Å². The first-order valence-corrected chi connectivity index (χ1v) is 8.88. The first kappa shape index (κ1) is 17.8. The highest BCUT2D eigenvalue weighted by atomic mass is 32.2. The van der Waals surface area contributed by atoms with E-state index in [1.54, 1.807) is 37.1 Å². The lowest BCUT2D eigenvalue weighted by atomic mass is 10.2. The zero-order valence-electron chi connectivity index (χ0n) is 14.5. The summed E-state index contributed by atoms with van der Waals surface area (Å²) in [5, 5.41) is 10.4. The van der Waals surface area contributed by atoms with Gasteiger partial charge in [-0.15, -0.1) is 16.9 Å². The topological polar surface area (TPSA) is 86.5 Å². The number of rotatable bonds is 6. The summed E-state index contributed by atoms with van der Waals surface area (Å²) >= 11 is 1.65. The van der Waals surface area contributed by atoms with Gasteiger partial charge in [0.05, 0.1) is 19.8 Å². The molecule has 0 radical (unpaired) electrons. The van der Waals surface area contributed by atoms with E-state index < -0.39 is 5.91 Å². The van der Waals surface area contributed by atoms with Crippen LogP contribution in [-0.4, -0.2) is 36.6 Å². The number of carbonyl (C=O) groups excluding carboxylic acids is 1. The van der Waals surface area contributed by atoms with Crippen LogP contribution in [0.3, 0.4) is 0 Å². The fraction of sp³-hybridized carbons (Fsp3) is 0.167. The second-order valence-corrected chi connectivity index (χ2v) is 6.04. The quantitative estimate of drug-likeness (QED) is 0.661. The first-order valence-electron chi connectivity index (χ1n) is 7.66. The van der Waals surface area contributed by atoms with Crippen molar-refractivity contribution in [3.05, 3.63) is 48.0 Å². The van der Waals surface area contributed by atoms with Crippen molar-refractivity contribution in [1.82, 2.24) is 10.2 Å². The first-order chi connectivity index (χ1) is 12.6. The Hall–Kier alpha value is -3.00. The third kappa shape index (κ3) is 3.80. The molecule has 1 aromatic heterocycles. The van der Waals surface area contributed by atoms with Crippen molar-refractivity contribution in [2.75, 3.05) is 25.8 Å². The van der Waals surface area contributed by atoms with Gasteiger partial charge >= 0.3 is 6.01 Å². The zero-order valence-corrected chi connectivity index (χ0v) is 15.3. The van der Waals surface area contributed by atoms with E-state index in [0.29, 0.717) is 23.0 Å². The molecule has 1 amide bonds. The number of anilines is 1. The van der Waals surface area contributed by atoms with Crippen molar-refractivity contribution in [2.45, 2.75) is 4.90 Å². The van der Waals surface area contributed by atoms with Gasteiger partial charge in [0.15, 0.2) is 0 Å². The Kier molecular flexibility index (Phi) is 5.43. The maximum absolute atomic E-state index is 12.5. The number of amides is 1. The van der Waals surface area contributed by atoms with Crippen molar-refractivity contribution < 1.29 is 18.7 Å². The molecule has 7 nitrogen and oxygen atoms in total. The minimum atomic E-state index is -0.419. The third-order valence-corrected chi connectivity index (χ3v) is 4.38. The van der Waals surface area contributed by atoms with E-state index >= 15 is 0 Å². The molecule has 0 aliphatic rings. The van der Waals surface area contributed by atoms with Crippen molar-refractivity contribution in [3.8, 4) is 23.0 Å². The zero-order chi connectivity index (χ0) is 18.5. The molecule has 3 rings (SSSR count). The van der Waals surface area contributed by atoms with Gasteiger partial charge in [-0.05, 0) is 42.7 Å². The number of ether oxygens (including phenoxy) is 2. The van der Waals surface area contributed by atoms with Crippen LogP contribution in [0.1, 0.15) is 10.4 Å². The molecule has 8 heteroatoms. The summed E-state index contributed by atoms with van der Waals surface area (Å²) in [6.45, 7) is 0. The van der Waals surface area contributed by atoms with Gasteiger partial charge in [0, 0.05) is 16.5 Å². The Balaban J connectivity index is 1.77. The molecule has 134 valence electrons. The van der Waals surface area contributed by atoms with Crippen LogP contribution in [0.5, 0.6) is 11.5 Å². The summed E-state index contributed by atoms with van der Waals surface area (Å²) in [4.78, 5) is 13.6. The molecule has 0 aliphatic carbocycles. The molecule has 0 saturated carbocycles. The van der Waals surface area contributed by atoms with E-state index in [-0.39, 0.29) is 6.01 Å². The van der Waals surface area contributed by atoms with E-state index in [4.69, 9.17) is 13.9 Å². The van der Waals surface area contributed by atoms with Crippen molar-refractivity contribution in [3.63, 3.8) is 0 Å². The highest BCUT2D eigenvalue weighted by molar-refractivity contribution is 7.98. The van der Waals surface area contributed by atoms with Crippen LogP contribution < -0.4 is 14.8 Å². The van der Waals surface area contributed by atoms with Gasteiger partial charge in [-0.25, -0.2) is 0 Å². The van der Waals surface area contributed by atoms with Crippen LogP contribution in [0.25, 0.3) is 11.5 Å². The van der Waals surface area contributed by atoms with Gasteiger partial charge in [0.25, 0.3) is 5.91 Å². The molecule has 1 heterocycles. The maximum atomic E-state index is 12.5. The van der Waals surface area contributed by atoms with Crippen molar-refractivity contribution >= 4 is 23.7 Å². The fourth-order valence-electron chi connectivity index (χ4n) is 2.27. The van der Waals surface area contributed by atoms with Crippen molar-refractivity contribution in [1.29, 1.82) is 0 Å². The number of benzene rings is 2. The lowest BCUT2D eigenvalue weighted by Crippen LogP contribution is -2.13. The summed E-state index contributed by atoms with van der Waals surface area (Å²) in [7, 11) is 3.02. The summed E-state index contributed by atoms with van der Waals surface area (Å²) in [5.41, 5.74) is 1.11. The molecule has 0 fully saturated rings. The number of methoxy groups -OCH3 is 2. The molecule has 26 heavy (non-hydrogen) atoms. The summed E-state index contributed by atoms with van der Waals surface area (Å²) in [6.07, 6.45) is 2.00. The lowest BCUT2D eigenvalue weighted by molar-refractivity contribution is 0.102. The normalized spacial score (nSPS) is 10.4. The molecule has 0 aliphatic heterocycles. The Labute approximate surface area is 154 Å². The SMILES string of the molecule is COc1ccc(C(=O)Nc2nnc(-c3ccc(SC)cc3)o2)c(OC)c1. The smallest absolute Gasteiger partial charge is 0.322 e. The molecule has 3 aromatic rings. The van der Waals surface area contributed by atoms with Crippen LogP contribution in [0.15, 0.2) is 51.8 Å². The fourth-order valence-corrected chi connectivity index (χ4v) is 2.68. The van der Waals surface area contributed by atoms with Crippen LogP contribution in [-0.2, 0) is 0 Å². The average Bonchev–Trinajstić information content (AvgIpc) is 3.15. The third-order valence-electron chi connectivity index (χ3n) is 3.64. The largest absolute Gasteiger partial charge is 0.497 e. The molecule has 0 atom stereocenters. The van der Waals surface area contributed by atoms with Gasteiger partial charge in [-0.3, -0.25) is 10.1 Å². The number of hydrogen-bond acceptors (Lipinski definition) is 7. The molecule has 0 spiro atoms. The van der Waals surface area contributed by atoms with Gasteiger partial charge in [-0.2, -0.15) is 0 Å². The van der Waals surface area contributed by atoms with Gasteiger partial charge in [-0.1, -0.05) is 5.10 Å². The van der Waals surface area contributed by atoms with Gasteiger partial charge < -0.3 is 13.9 Å². The minimum Gasteiger partial charge on any atom is -0.497 e. The summed E-state index contributed by atoms with van der Waals surface area (Å²) in [5.74, 6) is 0.883. The van der Waals surface area contributed by atoms with E-state index in [2.05, 4.69) is 15.5 Å². The Morgan fingerprint density at radius 1 is 1.08 bits per heavy atom. The van der Waals surface area contributed by atoms with E-state index in [1.165, 1.54) is 7.11 Å². The predicted molar refractivity (Wildman–Crippen MR) is 99.0 cm³/mol. The monoisotopic (exact) mass is 371 g/mol.